The Kier molecular flexibility index (Phi) is 7.09. The molecule has 2 atom stereocenters. The number of benzene rings is 2. The number of nitrogens with zero attached hydrogens (tertiary/aromatic N) is 3. The third-order valence-electron chi connectivity index (χ3n) is 7.38. The summed E-state index contributed by atoms with van der Waals surface area (Å²) in [5, 5.41) is 19.4. The van der Waals surface area contributed by atoms with E-state index in [-0.39, 0.29) is 22.4 Å². The Morgan fingerprint density at radius 2 is 1.64 bits per heavy atom. The van der Waals surface area contributed by atoms with Gasteiger partial charge in [-0.2, -0.15) is 5.10 Å². The number of hydrogen-bond acceptors (Lipinski definition) is 6. The lowest BCUT2D eigenvalue weighted by Gasteiger charge is -2.45. The standard InChI is InChI=1S/C28H33N3O5/c1-34-25-12-11-22(17-26(25)35-2)27-23-5-3-4-6-24(23)28(32)30(29-27)18-20-7-9-21(10-8-20)19-31(33)13-15-36-16-14-31/h3-4,7-12,17,23-24H,5-6,13-16,18-19H2,1-2H3/t23-,24+/m0/s1. The third-order valence-corrected chi connectivity index (χ3v) is 7.38. The number of morpholine rings is 1. The average Bonchev–Trinajstić information content (AvgIpc) is 2.91. The third kappa shape index (κ3) is 5.02. The lowest BCUT2D eigenvalue weighted by molar-refractivity contribution is -0.901. The number of hydrazone groups is 1. The summed E-state index contributed by atoms with van der Waals surface area (Å²) in [6.07, 6.45) is 5.72. The van der Waals surface area contributed by atoms with Crippen molar-refractivity contribution in [1.82, 2.24) is 5.01 Å². The number of hydrogen-bond donors (Lipinski definition) is 0. The highest BCUT2D eigenvalue weighted by atomic mass is 16.6. The molecule has 0 bridgehead atoms. The summed E-state index contributed by atoms with van der Waals surface area (Å²) >= 11 is 0. The highest BCUT2D eigenvalue weighted by Crippen LogP contribution is 2.37. The molecule has 1 saturated heterocycles. The molecule has 2 aliphatic heterocycles. The summed E-state index contributed by atoms with van der Waals surface area (Å²) in [7, 11) is 3.23. The molecular weight excluding hydrogens is 458 g/mol. The molecule has 190 valence electrons. The molecule has 0 unspecified atom stereocenters. The van der Waals surface area contributed by atoms with E-state index in [1.165, 1.54) is 0 Å². The summed E-state index contributed by atoms with van der Waals surface area (Å²) in [5.41, 5.74) is 3.80. The Morgan fingerprint density at radius 1 is 0.972 bits per heavy atom. The molecular formula is C28H33N3O5. The van der Waals surface area contributed by atoms with Crippen LogP contribution in [0.4, 0.5) is 0 Å². The SMILES string of the molecule is COc1ccc(C2=NN(Cc3ccc(C[N+]4([O-])CCOCC4)cc3)C(=O)[C@@H]3CC=CC[C@H]23)cc1OC. The van der Waals surface area contributed by atoms with Gasteiger partial charge in [0, 0.05) is 17.0 Å². The second-order valence-corrected chi connectivity index (χ2v) is 9.70. The largest absolute Gasteiger partial charge is 0.632 e. The molecule has 8 nitrogen and oxygen atoms in total. The van der Waals surface area contributed by atoms with Gasteiger partial charge in [-0.25, -0.2) is 5.01 Å². The van der Waals surface area contributed by atoms with Crippen LogP contribution in [0.25, 0.3) is 0 Å². The van der Waals surface area contributed by atoms with Crippen LogP contribution in [0, 0.1) is 17.0 Å². The van der Waals surface area contributed by atoms with Crippen molar-refractivity contribution in [1.29, 1.82) is 0 Å². The maximum Gasteiger partial charge on any atom is 0.247 e. The van der Waals surface area contributed by atoms with E-state index in [0.29, 0.717) is 57.3 Å². The topological polar surface area (TPSA) is 83.4 Å². The molecule has 2 aromatic rings. The van der Waals surface area contributed by atoms with Crippen molar-refractivity contribution >= 4 is 11.6 Å². The van der Waals surface area contributed by atoms with Crippen LogP contribution in [0.15, 0.2) is 59.7 Å². The van der Waals surface area contributed by atoms with E-state index in [1.54, 1.807) is 19.2 Å². The van der Waals surface area contributed by atoms with E-state index in [4.69, 9.17) is 19.3 Å². The number of fused-ring (bicyclic) bond motifs is 1. The van der Waals surface area contributed by atoms with Gasteiger partial charge in [0.2, 0.25) is 5.91 Å². The van der Waals surface area contributed by atoms with Crippen molar-refractivity contribution < 1.29 is 23.7 Å². The first-order chi connectivity index (χ1) is 17.5. The normalized spacial score (nSPS) is 23.1. The quantitative estimate of drug-likeness (QED) is 0.334. The lowest BCUT2D eigenvalue weighted by Crippen LogP contribution is -2.49. The zero-order chi connectivity index (χ0) is 25.1. The number of quaternary nitrogens is 1. The van der Waals surface area contributed by atoms with Gasteiger partial charge in [0.1, 0.15) is 19.6 Å². The summed E-state index contributed by atoms with van der Waals surface area (Å²) in [4.78, 5) is 13.4. The predicted octanol–water partition coefficient (Wildman–Crippen LogP) is 3.88. The molecule has 2 heterocycles. The van der Waals surface area contributed by atoms with E-state index in [9.17, 15) is 10.0 Å². The van der Waals surface area contributed by atoms with Gasteiger partial charge in [-0.3, -0.25) is 4.79 Å². The first kappa shape index (κ1) is 24.5. The summed E-state index contributed by atoms with van der Waals surface area (Å²) in [6.45, 7) is 2.80. The summed E-state index contributed by atoms with van der Waals surface area (Å²) in [6, 6.07) is 13.8. The molecule has 36 heavy (non-hydrogen) atoms. The fourth-order valence-corrected chi connectivity index (χ4v) is 5.30. The molecule has 1 fully saturated rings. The average molecular weight is 492 g/mol. The van der Waals surface area contributed by atoms with Crippen LogP contribution in [0.2, 0.25) is 0 Å². The predicted molar refractivity (Wildman–Crippen MR) is 136 cm³/mol. The maximum absolute atomic E-state index is 13.4. The van der Waals surface area contributed by atoms with Gasteiger partial charge in [-0.1, -0.05) is 36.4 Å². The van der Waals surface area contributed by atoms with Crippen LogP contribution in [0.3, 0.4) is 0 Å². The van der Waals surface area contributed by atoms with Gasteiger partial charge in [0.05, 0.1) is 45.6 Å². The first-order valence-corrected chi connectivity index (χ1v) is 12.5. The van der Waals surface area contributed by atoms with Crippen molar-refractivity contribution in [3.05, 3.63) is 76.5 Å². The van der Waals surface area contributed by atoms with Crippen molar-refractivity contribution in [2.45, 2.75) is 25.9 Å². The highest BCUT2D eigenvalue weighted by Gasteiger charge is 2.40. The van der Waals surface area contributed by atoms with Gasteiger partial charge in [0.15, 0.2) is 11.5 Å². The molecule has 0 N–H and O–H groups in total. The Bertz CT molecular complexity index is 1150. The number of hydroxylamine groups is 3. The zero-order valence-corrected chi connectivity index (χ0v) is 20.9. The number of ether oxygens (including phenoxy) is 3. The fraction of sp³-hybridized carbons (Fsp3) is 0.429. The molecule has 1 amide bonds. The maximum atomic E-state index is 13.4. The molecule has 3 aliphatic rings. The minimum atomic E-state index is -0.250. The van der Waals surface area contributed by atoms with Crippen LogP contribution in [-0.2, 0) is 22.6 Å². The van der Waals surface area contributed by atoms with E-state index < -0.39 is 0 Å². The molecule has 2 aromatic carbocycles. The zero-order valence-electron chi connectivity index (χ0n) is 20.9. The van der Waals surface area contributed by atoms with Gasteiger partial charge >= 0.3 is 0 Å². The van der Waals surface area contributed by atoms with E-state index in [2.05, 4.69) is 12.2 Å². The highest BCUT2D eigenvalue weighted by molar-refractivity contribution is 6.07. The van der Waals surface area contributed by atoms with Gasteiger partial charge in [0.25, 0.3) is 0 Å². The summed E-state index contributed by atoms with van der Waals surface area (Å²) in [5.74, 6) is 1.24. The van der Waals surface area contributed by atoms with Gasteiger partial charge < -0.3 is 24.1 Å². The molecule has 0 spiro atoms. The molecule has 0 radical (unpaired) electrons. The van der Waals surface area contributed by atoms with Gasteiger partial charge in [-0.15, -0.1) is 0 Å². The molecule has 0 aromatic heterocycles. The second kappa shape index (κ2) is 10.4. The van der Waals surface area contributed by atoms with Crippen molar-refractivity contribution in [2.75, 3.05) is 40.5 Å². The van der Waals surface area contributed by atoms with Crippen molar-refractivity contribution in [3.63, 3.8) is 0 Å². The van der Waals surface area contributed by atoms with E-state index in [1.807, 2.05) is 42.5 Å². The smallest absolute Gasteiger partial charge is 0.247 e. The van der Waals surface area contributed by atoms with E-state index >= 15 is 0 Å². The number of carbonyl (C=O) groups excluding carboxylic acids is 1. The Hall–Kier alpha value is -3.20. The first-order valence-electron chi connectivity index (χ1n) is 12.5. The minimum Gasteiger partial charge on any atom is -0.632 e. The van der Waals surface area contributed by atoms with Gasteiger partial charge in [-0.05, 0) is 36.6 Å². The monoisotopic (exact) mass is 491 g/mol. The van der Waals surface area contributed by atoms with Crippen LogP contribution in [0.5, 0.6) is 11.5 Å². The fourth-order valence-electron chi connectivity index (χ4n) is 5.30. The van der Waals surface area contributed by atoms with Crippen LogP contribution in [0.1, 0.15) is 29.5 Å². The Labute approximate surface area is 211 Å². The molecule has 1 aliphatic carbocycles. The van der Waals surface area contributed by atoms with Crippen LogP contribution in [-0.4, -0.2) is 61.8 Å². The second-order valence-electron chi connectivity index (χ2n) is 9.70. The van der Waals surface area contributed by atoms with E-state index in [0.717, 1.165) is 28.8 Å². The molecule has 5 rings (SSSR count). The number of amides is 1. The number of allylic oxidation sites excluding steroid dienone is 2. The Morgan fingerprint density at radius 3 is 2.33 bits per heavy atom. The summed E-state index contributed by atoms with van der Waals surface area (Å²) < 4.78 is 16.0. The molecule has 8 heteroatoms. The lowest BCUT2D eigenvalue weighted by atomic mass is 9.76. The number of carbonyl (C=O) groups is 1. The Balaban J connectivity index is 1.39. The van der Waals surface area contributed by atoms with Crippen molar-refractivity contribution in [3.8, 4) is 11.5 Å². The number of rotatable bonds is 7. The van der Waals surface area contributed by atoms with Crippen LogP contribution >= 0.6 is 0 Å². The van der Waals surface area contributed by atoms with Crippen LogP contribution < -0.4 is 9.47 Å². The number of methoxy groups -OCH3 is 2. The van der Waals surface area contributed by atoms with Crippen molar-refractivity contribution in [2.24, 2.45) is 16.9 Å². The minimum absolute atomic E-state index is 0.0321. The molecule has 0 saturated carbocycles.